The van der Waals surface area contributed by atoms with Gasteiger partial charge < -0.3 is 4.52 Å². The highest BCUT2D eigenvalue weighted by molar-refractivity contribution is 7.99. The van der Waals surface area contributed by atoms with Crippen LogP contribution in [0.5, 0.6) is 0 Å². The highest BCUT2D eigenvalue weighted by atomic mass is 32.2. The molecule has 0 fully saturated rings. The number of hydrogen-bond donors (Lipinski definition) is 0. The van der Waals surface area contributed by atoms with Gasteiger partial charge in [0.25, 0.3) is 0 Å². The minimum absolute atomic E-state index is 0.0286. The molecule has 0 aliphatic rings. The number of halogens is 1. The molecule has 0 saturated carbocycles. The molecule has 4 nitrogen and oxygen atoms in total. The predicted molar refractivity (Wildman–Crippen MR) is 96.9 cm³/mol. The summed E-state index contributed by atoms with van der Waals surface area (Å²) >= 11 is 1.41. The van der Waals surface area contributed by atoms with Crippen molar-refractivity contribution in [2.45, 2.75) is 26.5 Å². The van der Waals surface area contributed by atoms with Crippen LogP contribution in [0.25, 0.3) is 5.82 Å². The quantitative estimate of drug-likeness (QED) is 0.602. The van der Waals surface area contributed by atoms with Crippen molar-refractivity contribution in [3.05, 3.63) is 70.5 Å². The van der Waals surface area contributed by atoms with Crippen molar-refractivity contribution < 1.29 is 13.7 Å². The Labute approximate surface area is 150 Å². The second-order valence-corrected chi connectivity index (χ2v) is 6.91. The SMILES string of the molecule is Cc1cc(-n2c(C)cc(C(=O)CSCc3ccccc3F)c2C)no1. The van der Waals surface area contributed by atoms with E-state index >= 15 is 0 Å². The number of carbonyl (C=O) groups is 1. The average molecular weight is 358 g/mol. The summed E-state index contributed by atoms with van der Waals surface area (Å²) in [4.78, 5) is 12.6. The second-order valence-electron chi connectivity index (χ2n) is 5.92. The average Bonchev–Trinajstić information content (AvgIpc) is 3.12. The molecule has 0 bridgehead atoms. The van der Waals surface area contributed by atoms with Crippen LogP contribution in [0.2, 0.25) is 0 Å². The van der Waals surface area contributed by atoms with Gasteiger partial charge in [-0.25, -0.2) is 4.39 Å². The standard InChI is InChI=1S/C19H19FN2O2S/c1-12-8-16(14(3)22(12)19-9-13(2)24-21-19)18(23)11-25-10-15-6-4-5-7-17(15)20/h4-9H,10-11H2,1-3H3. The van der Waals surface area contributed by atoms with Crippen LogP contribution < -0.4 is 0 Å². The molecular formula is C19H19FN2O2S. The zero-order valence-electron chi connectivity index (χ0n) is 14.4. The number of thioether (sulfide) groups is 1. The lowest BCUT2D eigenvalue weighted by Crippen LogP contribution is -2.06. The van der Waals surface area contributed by atoms with Crippen molar-refractivity contribution in [3.63, 3.8) is 0 Å². The molecule has 0 aliphatic heterocycles. The largest absolute Gasteiger partial charge is 0.360 e. The van der Waals surface area contributed by atoms with Crippen molar-refractivity contribution in [3.8, 4) is 5.82 Å². The Morgan fingerprint density at radius 1 is 1.24 bits per heavy atom. The minimum Gasteiger partial charge on any atom is -0.360 e. The van der Waals surface area contributed by atoms with Crippen LogP contribution in [-0.4, -0.2) is 21.3 Å². The fourth-order valence-electron chi connectivity index (χ4n) is 2.80. The molecule has 0 unspecified atom stereocenters. The van der Waals surface area contributed by atoms with E-state index in [0.29, 0.717) is 28.5 Å². The number of hydrogen-bond acceptors (Lipinski definition) is 4. The molecule has 130 valence electrons. The lowest BCUT2D eigenvalue weighted by Gasteiger charge is -2.05. The summed E-state index contributed by atoms with van der Waals surface area (Å²) in [6, 6.07) is 10.3. The van der Waals surface area contributed by atoms with Crippen LogP contribution in [0.3, 0.4) is 0 Å². The van der Waals surface area contributed by atoms with Gasteiger partial charge in [-0.1, -0.05) is 23.4 Å². The molecule has 0 saturated heterocycles. The van der Waals surface area contributed by atoms with Crippen molar-refractivity contribution in [2.75, 3.05) is 5.75 Å². The Morgan fingerprint density at radius 3 is 2.68 bits per heavy atom. The lowest BCUT2D eigenvalue weighted by atomic mass is 10.2. The highest BCUT2D eigenvalue weighted by Gasteiger charge is 2.18. The molecule has 0 atom stereocenters. The number of Topliss-reactive ketones (excluding diaryl/α,β-unsaturated/α-hetero) is 1. The topological polar surface area (TPSA) is 48.0 Å². The first-order valence-corrected chi connectivity index (χ1v) is 9.10. The Hall–Kier alpha value is -2.34. The van der Waals surface area contributed by atoms with E-state index in [9.17, 15) is 9.18 Å². The fourth-order valence-corrected chi connectivity index (χ4v) is 3.70. The molecule has 0 radical (unpaired) electrons. The molecule has 0 amide bonds. The first-order valence-electron chi connectivity index (χ1n) is 7.94. The van der Waals surface area contributed by atoms with Crippen LogP contribution in [-0.2, 0) is 5.75 Å². The molecule has 2 aromatic heterocycles. The smallest absolute Gasteiger partial charge is 0.180 e. The zero-order chi connectivity index (χ0) is 18.0. The molecule has 0 aliphatic carbocycles. The van der Waals surface area contributed by atoms with E-state index < -0.39 is 0 Å². The number of carbonyl (C=O) groups excluding carboxylic acids is 1. The number of aryl methyl sites for hydroxylation is 2. The molecule has 25 heavy (non-hydrogen) atoms. The van der Waals surface area contributed by atoms with Gasteiger partial charge in [-0.3, -0.25) is 9.36 Å². The molecule has 2 heterocycles. The van der Waals surface area contributed by atoms with Gasteiger partial charge in [-0.05, 0) is 38.5 Å². The maximum Gasteiger partial charge on any atom is 0.180 e. The third-order valence-electron chi connectivity index (χ3n) is 4.02. The molecule has 1 aromatic carbocycles. The van der Waals surface area contributed by atoms with Gasteiger partial charge in [-0.2, -0.15) is 0 Å². The van der Waals surface area contributed by atoms with Crippen molar-refractivity contribution in [2.24, 2.45) is 0 Å². The summed E-state index contributed by atoms with van der Waals surface area (Å²) in [6.07, 6.45) is 0. The summed E-state index contributed by atoms with van der Waals surface area (Å²) in [5.41, 5.74) is 3.04. The van der Waals surface area contributed by atoms with Crippen molar-refractivity contribution in [1.82, 2.24) is 9.72 Å². The lowest BCUT2D eigenvalue weighted by molar-refractivity contribution is 0.102. The third-order valence-corrected chi connectivity index (χ3v) is 5.01. The zero-order valence-corrected chi connectivity index (χ0v) is 15.2. The van der Waals surface area contributed by atoms with Gasteiger partial charge in [0.1, 0.15) is 11.6 Å². The molecule has 3 aromatic rings. The Kier molecular flexibility index (Phi) is 5.08. The third kappa shape index (κ3) is 3.69. The van der Waals surface area contributed by atoms with Crippen molar-refractivity contribution in [1.29, 1.82) is 0 Å². The monoisotopic (exact) mass is 358 g/mol. The highest BCUT2D eigenvalue weighted by Crippen LogP contribution is 2.23. The van der Waals surface area contributed by atoms with Crippen LogP contribution >= 0.6 is 11.8 Å². The summed E-state index contributed by atoms with van der Waals surface area (Å²) < 4.78 is 20.7. The minimum atomic E-state index is -0.234. The molecule has 3 rings (SSSR count). The normalized spacial score (nSPS) is 11.0. The summed E-state index contributed by atoms with van der Waals surface area (Å²) in [5, 5.41) is 4.02. The van der Waals surface area contributed by atoms with Crippen LogP contribution in [0.1, 0.15) is 33.1 Å². The molecular weight excluding hydrogens is 339 g/mol. The summed E-state index contributed by atoms with van der Waals surface area (Å²) in [7, 11) is 0. The fraction of sp³-hybridized carbons (Fsp3) is 0.263. The maximum absolute atomic E-state index is 13.6. The first-order chi connectivity index (χ1) is 12.0. The number of nitrogens with zero attached hydrogens (tertiary/aromatic N) is 2. The van der Waals surface area contributed by atoms with E-state index in [1.165, 1.54) is 17.8 Å². The van der Waals surface area contributed by atoms with Gasteiger partial charge in [0.05, 0.1) is 5.75 Å². The van der Waals surface area contributed by atoms with Gasteiger partial charge in [-0.15, -0.1) is 11.8 Å². The van der Waals surface area contributed by atoms with Gasteiger partial charge in [0, 0.05) is 28.8 Å². The first kappa shape index (κ1) is 17.5. The van der Waals surface area contributed by atoms with E-state index in [1.54, 1.807) is 18.2 Å². The Bertz CT molecular complexity index is 914. The van der Waals surface area contributed by atoms with E-state index in [2.05, 4.69) is 5.16 Å². The number of aromatic nitrogens is 2. The van der Waals surface area contributed by atoms with Crippen LogP contribution in [0.4, 0.5) is 4.39 Å². The van der Waals surface area contributed by atoms with E-state index in [1.807, 2.05) is 37.5 Å². The van der Waals surface area contributed by atoms with Crippen molar-refractivity contribution >= 4 is 17.5 Å². The maximum atomic E-state index is 13.6. The second kappa shape index (κ2) is 7.27. The number of ketones is 1. The Morgan fingerprint density at radius 2 is 2.00 bits per heavy atom. The molecule has 0 spiro atoms. The number of rotatable bonds is 6. The summed E-state index contributed by atoms with van der Waals surface area (Å²) in [6.45, 7) is 5.65. The number of benzene rings is 1. The molecule has 0 N–H and O–H groups in total. The molecule has 6 heteroatoms. The Balaban J connectivity index is 1.72. The predicted octanol–water partition coefficient (Wildman–Crippen LogP) is 4.65. The van der Waals surface area contributed by atoms with E-state index in [0.717, 1.165) is 17.1 Å². The van der Waals surface area contributed by atoms with E-state index in [-0.39, 0.29) is 11.6 Å². The van der Waals surface area contributed by atoms with E-state index in [4.69, 9.17) is 4.52 Å². The van der Waals surface area contributed by atoms with Gasteiger partial charge in [0.15, 0.2) is 11.6 Å². The van der Waals surface area contributed by atoms with Crippen LogP contribution in [0, 0.1) is 26.6 Å². The van der Waals surface area contributed by atoms with Gasteiger partial charge >= 0.3 is 0 Å². The summed E-state index contributed by atoms with van der Waals surface area (Å²) in [5.74, 6) is 1.96. The van der Waals surface area contributed by atoms with Gasteiger partial charge in [0.2, 0.25) is 0 Å². The van der Waals surface area contributed by atoms with Crippen LogP contribution in [0.15, 0.2) is 40.9 Å².